The van der Waals surface area contributed by atoms with Crippen molar-refractivity contribution in [2.24, 2.45) is 0 Å². The molecule has 0 N–H and O–H groups in total. The van der Waals surface area contributed by atoms with E-state index in [0.717, 1.165) is 6.42 Å². The maximum atomic E-state index is 2.16. The molecule has 0 bridgehead atoms. The Morgan fingerprint density at radius 3 is 2.33 bits per heavy atom. The van der Waals surface area contributed by atoms with Crippen LogP contribution in [0.15, 0.2) is 23.8 Å². The first kappa shape index (κ1) is 11.3. The van der Waals surface area contributed by atoms with Gasteiger partial charge in [0.05, 0.1) is 0 Å². The molecular weight excluding hydrogens is 108 g/mol. The van der Waals surface area contributed by atoms with Crippen LogP contribution in [0, 0.1) is 0 Å². The molecule has 0 aromatic rings. The predicted molar refractivity (Wildman–Crippen MR) is 45.6 cm³/mol. The average Bonchev–Trinajstić information content (AvgIpc) is 1.83. The molecule has 0 aliphatic heterocycles. The van der Waals surface area contributed by atoms with E-state index in [-0.39, 0.29) is 7.43 Å². The number of hydrogen-bond donors (Lipinski definition) is 0. The van der Waals surface area contributed by atoms with Crippen molar-refractivity contribution >= 4 is 0 Å². The molecule has 0 amide bonds. The van der Waals surface area contributed by atoms with E-state index < -0.39 is 0 Å². The van der Waals surface area contributed by atoms with Gasteiger partial charge in [0, 0.05) is 0 Å². The molecule has 0 nitrogen and oxygen atoms in total. The van der Waals surface area contributed by atoms with Crippen LogP contribution in [0.2, 0.25) is 0 Å². The molecule has 0 aliphatic carbocycles. The molecule has 0 fully saturated rings. The van der Waals surface area contributed by atoms with Gasteiger partial charge in [0.25, 0.3) is 0 Å². The van der Waals surface area contributed by atoms with E-state index in [4.69, 9.17) is 0 Å². The highest BCUT2D eigenvalue weighted by Crippen LogP contribution is 1.93. The Kier molecular flexibility index (Phi) is 9.39. The Morgan fingerprint density at radius 2 is 2.00 bits per heavy atom. The van der Waals surface area contributed by atoms with Gasteiger partial charge < -0.3 is 0 Å². The molecule has 0 heterocycles. The van der Waals surface area contributed by atoms with Crippen molar-refractivity contribution in [3.8, 4) is 0 Å². The van der Waals surface area contributed by atoms with Crippen LogP contribution in [0.1, 0.15) is 34.6 Å². The molecule has 0 saturated heterocycles. The van der Waals surface area contributed by atoms with Crippen LogP contribution in [-0.2, 0) is 0 Å². The van der Waals surface area contributed by atoms with E-state index in [9.17, 15) is 0 Å². The summed E-state index contributed by atoms with van der Waals surface area (Å²) in [7, 11) is 0. The smallest absolute Gasteiger partial charge is 0.0376 e. The monoisotopic (exact) mass is 126 g/mol. The molecule has 54 valence electrons. The second-order valence-corrected chi connectivity index (χ2v) is 1.84. The van der Waals surface area contributed by atoms with Crippen molar-refractivity contribution in [1.29, 1.82) is 0 Å². The normalized spacial score (nSPS) is 11.7. The van der Waals surface area contributed by atoms with Crippen LogP contribution < -0.4 is 0 Å². The van der Waals surface area contributed by atoms with Gasteiger partial charge in [-0.15, -0.1) is 0 Å². The van der Waals surface area contributed by atoms with Crippen molar-refractivity contribution in [2.75, 3.05) is 0 Å². The summed E-state index contributed by atoms with van der Waals surface area (Å²) in [5.41, 5.74) is 1.34. The first-order valence-corrected chi connectivity index (χ1v) is 3.10. The third kappa shape index (κ3) is 7.48. The summed E-state index contributed by atoms with van der Waals surface area (Å²) in [6.45, 7) is 6.29. The Bertz CT molecular complexity index is 96.6. The fraction of sp³-hybridized carbons (Fsp3) is 0.556. The zero-order valence-corrected chi connectivity index (χ0v) is 5.94. The first-order chi connectivity index (χ1) is 3.81. The Morgan fingerprint density at radius 1 is 1.44 bits per heavy atom. The summed E-state index contributed by atoms with van der Waals surface area (Å²) in [6, 6.07) is 0. The largest absolute Gasteiger partial charge is 0.0847 e. The highest BCUT2D eigenvalue weighted by Gasteiger charge is 1.72. The van der Waals surface area contributed by atoms with Gasteiger partial charge in [-0.1, -0.05) is 38.2 Å². The summed E-state index contributed by atoms with van der Waals surface area (Å²) in [5, 5.41) is 0. The van der Waals surface area contributed by atoms with Gasteiger partial charge in [-0.3, -0.25) is 0 Å². The van der Waals surface area contributed by atoms with E-state index in [1.807, 2.05) is 0 Å². The number of hydrogen-bond acceptors (Lipinski definition) is 0. The minimum absolute atomic E-state index is 0. The lowest BCUT2D eigenvalue weighted by Crippen LogP contribution is -1.62. The van der Waals surface area contributed by atoms with Crippen LogP contribution in [0.25, 0.3) is 0 Å². The molecule has 0 saturated carbocycles. The van der Waals surface area contributed by atoms with Gasteiger partial charge >= 0.3 is 0 Å². The minimum Gasteiger partial charge on any atom is -0.0847 e. The molecule has 0 aromatic carbocycles. The standard InChI is InChI=1S/C8H14.CH4/c1-4-6-7-8(3)5-2;/h5-7H,4H2,1-3H3;1H4/b7-6-,8-5-;. The number of rotatable bonds is 2. The lowest BCUT2D eigenvalue weighted by atomic mass is 10.2. The lowest BCUT2D eigenvalue weighted by molar-refractivity contribution is 1.22. The average molecular weight is 126 g/mol. The summed E-state index contributed by atoms with van der Waals surface area (Å²) >= 11 is 0. The summed E-state index contributed by atoms with van der Waals surface area (Å²) in [6.07, 6.45) is 7.53. The van der Waals surface area contributed by atoms with Gasteiger partial charge in [0.2, 0.25) is 0 Å². The highest BCUT2D eigenvalue weighted by atomic mass is 13.8. The Balaban J connectivity index is 0. The fourth-order valence-corrected chi connectivity index (χ4v) is 0.400. The number of allylic oxidation sites excluding steroid dienone is 4. The Labute approximate surface area is 59.3 Å². The van der Waals surface area contributed by atoms with Crippen molar-refractivity contribution < 1.29 is 0 Å². The van der Waals surface area contributed by atoms with Crippen LogP contribution in [0.3, 0.4) is 0 Å². The zero-order valence-electron chi connectivity index (χ0n) is 5.94. The van der Waals surface area contributed by atoms with E-state index >= 15 is 0 Å². The highest BCUT2D eigenvalue weighted by molar-refractivity contribution is 5.14. The molecule has 0 aliphatic rings. The van der Waals surface area contributed by atoms with Crippen molar-refractivity contribution in [2.45, 2.75) is 34.6 Å². The second-order valence-electron chi connectivity index (χ2n) is 1.84. The van der Waals surface area contributed by atoms with Crippen LogP contribution in [-0.4, -0.2) is 0 Å². The molecule has 0 rings (SSSR count). The van der Waals surface area contributed by atoms with Gasteiger partial charge in [-0.25, -0.2) is 0 Å². The second kappa shape index (κ2) is 7.48. The molecule has 0 radical (unpaired) electrons. The first-order valence-electron chi connectivity index (χ1n) is 3.10. The molecule has 0 atom stereocenters. The third-order valence-electron chi connectivity index (χ3n) is 1.07. The van der Waals surface area contributed by atoms with E-state index in [1.165, 1.54) is 5.57 Å². The maximum absolute atomic E-state index is 2.16. The molecule has 0 unspecified atom stereocenters. The molecule has 0 heteroatoms. The van der Waals surface area contributed by atoms with Crippen LogP contribution in [0.4, 0.5) is 0 Å². The van der Waals surface area contributed by atoms with Crippen LogP contribution in [0.5, 0.6) is 0 Å². The summed E-state index contributed by atoms with van der Waals surface area (Å²) in [4.78, 5) is 0. The van der Waals surface area contributed by atoms with Gasteiger partial charge in [-0.05, 0) is 20.3 Å². The quantitative estimate of drug-likeness (QED) is 0.496. The molecule has 0 spiro atoms. The molecular formula is C9H18. The fourth-order valence-electron chi connectivity index (χ4n) is 0.400. The topological polar surface area (TPSA) is 0 Å². The van der Waals surface area contributed by atoms with Gasteiger partial charge in [-0.2, -0.15) is 0 Å². The maximum Gasteiger partial charge on any atom is -0.0376 e. The van der Waals surface area contributed by atoms with Crippen molar-refractivity contribution in [3.05, 3.63) is 23.8 Å². The Hall–Kier alpha value is -0.520. The predicted octanol–water partition coefficient (Wildman–Crippen LogP) is 3.55. The summed E-state index contributed by atoms with van der Waals surface area (Å²) in [5.74, 6) is 0. The molecule has 0 aromatic heterocycles. The van der Waals surface area contributed by atoms with Crippen LogP contribution >= 0.6 is 0 Å². The zero-order chi connectivity index (χ0) is 6.41. The van der Waals surface area contributed by atoms with E-state index in [2.05, 4.69) is 39.0 Å². The summed E-state index contributed by atoms with van der Waals surface area (Å²) < 4.78 is 0. The van der Waals surface area contributed by atoms with Gasteiger partial charge in [0.1, 0.15) is 0 Å². The molecule has 9 heavy (non-hydrogen) atoms. The van der Waals surface area contributed by atoms with Gasteiger partial charge in [0.15, 0.2) is 0 Å². The van der Waals surface area contributed by atoms with E-state index in [1.54, 1.807) is 0 Å². The van der Waals surface area contributed by atoms with Crippen molar-refractivity contribution in [1.82, 2.24) is 0 Å². The lowest BCUT2D eigenvalue weighted by Gasteiger charge is -1.84. The third-order valence-corrected chi connectivity index (χ3v) is 1.07. The SMILES string of the molecule is C.C/C=C(C)\C=C/CC. The van der Waals surface area contributed by atoms with E-state index in [0.29, 0.717) is 0 Å². The minimum atomic E-state index is 0. The van der Waals surface area contributed by atoms with Crippen molar-refractivity contribution in [3.63, 3.8) is 0 Å².